The van der Waals surface area contributed by atoms with Crippen molar-refractivity contribution in [1.29, 1.82) is 5.26 Å². The molecule has 2 nitrogen and oxygen atoms in total. The van der Waals surface area contributed by atoms with Crippen LogP contribution in [0.15, 0.2) is 0 Å². The minimum atomic E-state index is 0.585. The smallest absolute Gasteiger partial charge is 0.0635 e. The van der Waals surface area contributed by atoms with Crippen LogP contribution < -0.4 is 0 Å². The molecule has 0 aromatic heterocycles. The van der Waals surface area contributed by atoms with E-state index in [0.717, 1.165) is 13.1 Å². The van der Waals surface area contributed by atoms with Gasteiger partial charge in [0.1, 0.15) is 0 Å². The van der Waals surface area contributed by atoms with Crippen molar-refractivity contribution in [2.24, 2.45) is 0 Å². The van der Waals surface area contributed by atoms with E-state index in [1.165, 1.54) is 0 Å². The third-order valence-electron chi connectivity index (χ3n) is 1.13. The van der Waals surface area contributed by atoms with Gasteiger partial charge in [-0.25, -0.2) is 0 Å². The second kappa shape index (κ2) is 6.13. The topological polar surface area (TPSA) is 27.0 Å². The van der Waals surface area contributed by atoms with Gasteiger partial charge in [0.2, 0.25) is 0 Å². The van der Waals surface area contributed by atoms with Crippen LogP contribution in [0.4, 0.5) is 0 Å². The lowest BCUT2D eigenvalue weighted by Crippen LogP contribution is -2.19. The van der Waals surface area contributed by atoms with Crippen LogP contribution in [-0.2, 0) is 0 Å². The molecule has 0 saturated heterocycles. The minimum absolute atomic E-state index is 0.585. The summed E-state index contributed by atoms with van der Waals surface area (Å²) in [6.07, 6.45) is 0.585. The lowest BCUT2D eigenvalue weighted by Gasteiger charge is -2.08. The Labute approximate surface area is 62.4 Å². The van der Waals surface area contributed by atoms with Crippen LogP contribution in [-0.4, -0.2) is 25.0 Å². The van der Waals surface area contributed by atoms with E-state index in [1.807, 2.05) is 18.9 Å². The van der Waals surface area contributed by atoms with E-state index in [1.54, 1.807) is 0 Å². The van der Waals surface area contributed by atoms with E-state index >= 15 is 0 Å². The number of nitriles is 1. The first kappa shape index (κ1) is 9.01. The fourth-order valence-electron chi connectivity index (χ4n) is 0.534. The Morgan fingerprint density at radius 2 is 2.20 bits per heavy atom. The zero-order valence-electron chi connectivity index (χ0n) is 6.52. The van der Waals surface area contributed by atoms with Crippen molar-refractivity contribution in [1.82, 2.24) is 4.90 Å². The van der Waals surface area contributed by atoms with Gasteiger partial charge in [-0.2, -0.15) is 5.26 Å². The summed E-state index contributed by atoms with van der Waals surface area (Å²) in [4.78, 5) is 2.03. The Kier molecular flexibility index (Phi) is 5.53. The fraction of sp³-hybridized carbons (Fsp3) is 0.625. The van der Waals surface area contributed by atoms with Gasteiger partial charge < -0.3 is 0 Å². The molecular formula is C8H12N2. The first-order chi connectivity index (χ1) is 4.81. The predicted molar refractivity (Wildman–Crippen MR) is 41.2 cm³/mol. The van der Waals surface area contributed by atoms with Crippen LogP contribution in [0.2, 0.25) is 0 Å². The molecule has 0 unspecified atom stereocenters. The van der Waals surface area contributed by atoms with Gasteiger partial charge in [-0.15, -0.1) is 5.92 Å². The summed E-state index contributed by atoms with van der Waals surface area (Å²) in [5.74, 6) is 5.72. The molecule has 0 atom stereocenters. The average molecular weight is 136 g/mol. The zero-order chi connectivity index (χ0) is 7.82. The van der Waals surface area contributed by atoms with Gasteiger partial charge in [-0.1, -0.05) is 5.92 Å². The third kappa shape index (κ3) is 5.15. The normalized spacial score (nSPS) is 8.20. The van der Waals surface area contributed by atoms with Crippen LogP contribution >= 0.6 is 0 Å². The number of nitrogens with zero attached hydrogens (tertiary/aromatic N) is 2. The number of hydrogen-bond donors (Lipinski definition) is 0. The van der Waals surface area contributed by atoms with Gasteiger partial charge in [0.05, 0.1) is 12.6 Å². The first-order valence-corrected chi connectivity index (χ1v) is 3.26. The third-order valence-corrected chi connectivity index (χ3v) is 1.13. The number of hydrogen-bond acceptors (Lipinski definition) is 2. The van der Waals surface area contributed by atoms with Crippen molar-refractivity contribution in [3.05, 3.63) is 0 Å². The molecule has 0 aliphatic carbocycles. The minimum Gasteiger partial charge on any atom is -0.294 e. The Balaban J connectivity index is 3.33. The van der Waals surface area contributed by atoms with Crippen LogP contribution in [0.5, 0.6) is 0 Å². The Morgan fingerprint density at radius 3 is 2.70 bits per heavy atom. The van der Waals surface area contributed by atoms with Crippen LogP contribution in [0.25, 0.3) is 0 Å². The lowest BCUT2D eigenvalue weighted by atomic mass is 10.4. The van der Waals surface area contributed by atoms with Crippen molar-refractivity contribution in [3.8, 4) is 17.9 Å². The Bertz CT molecular complexity index is 168. The first-order valence-electron chi connectivity index (χ1n) is 3.26. The molecule has 0 bridgehead atoms. The highest BCUT2D eigenvalue weighted by Gasteiger charge is 1.91. The quantitative estimate of drug-likeness (QED) is 0.538. The predicted octanol–water partition coefficient (Wildman–Crippen LogP) is 0.855. The molecule has 0 spiro atoms. The van der Waals surface area contributed by atoms with Crippen molar-refractivity contribution >= 4 is 0 Å². The molecule has 0 aliphatic rings. The molecule has 0 N–H and O–H groups in total. The monoisotopic (exact) mass is 136 g/mol. The molecule has 0 heterocycles. The van der Waals surface area contributed by atoms with E-state index in [2.05, 4.69) is 17.9 Å². The number of rotatable bonds is 3. The highest BCUT2D eigenvalue weighted by molar-refractivity contribution is 4.97. The molecule has 0 fully saturated rings. The zero-order valence-corrected chi connectivity index (χ0v) is 6.52. The average Bonchev–Trinajstić information content (AvgIpc) is 1.97. The van der Waals surface area contributed by atoms with Crippen molar-refractivity contribution in [3.63, 3.8) is 0 Å². The van der Waals surface area contributed by atoms with E-state index in [0.29, 0.717) is 6.42 Å². The molecular weight excluding hydrogens is 124 g/mol. The largest absolute Gasteiger partial charge is 0.294 e. The van der Waals surface area contributed by atoms with E-state index in [-0.39, 0.29) is 0 Å². The SMILES string of the molecule is CC#CCN(C)CCC#N. The van der Waals surface area contributed by atoms with Gasteiger partial charge in [0, 0.05) is 13.0 Å². The van der Waals surface area contributed by atoms with Gasteiger partial charge in [-0.3, -0.25) is 4.90 Å². The molecule has 0 rings (SSSR count). The van der Waals surface area contributed by atoms with Gasteiger partial charge in [0.15, 0.2) is 0 Å². The highest BCUT2D eigenvalue weighted by atomic mass is 15.1. The van der Waals surface area contributed by atoms with Crippen LogP contribution in [0, 0.1) is 23.2 Å². The molecule has 2 heteroatoms. The summed E-state index contributed by atoms with van der Waals surface area (Å²) >= 11 is 0. The summed E-state index contributed by atoms with van der Waals surface area (Å²) in [5, 5.41) is 8.23. The van der Waals surface area contributed by atoms with Crippen LogP contribution in [0.1, 0.15) is 13.3 Å². The molecule has 0 saturated carbocycles. The maximum absolute atomic E-state index is 8.23. The summed E-state index contributed by atoms with van der Waals surface area (Å²) in [5.41, 5.74) is 0. The second-order valence-electron chi connectivity index (χ2n) is 2.07. The fourth-order valence-corrected chi connectivity index (χ4v) is 0.534. The maximum Gasteiger partial charge on any atom is 0.0635 e. The molecule has 10 heavy (non-hydrogen) atoms. The van der Waals surface area contributed by atoms with Crippen LogP contribution in [0.3, 0.4) is 0 Å². The van der Waals surface area contributed by atoms with E-state index < -0.39 is 0 Å². The maximum atomic E-state index is 8.23. The molecule has 0 radical (unpaired) electrons. The van der Waals surface area contributed by atoms with Crippen molar-refractivity contribution in [2.45, 2.75) is 13.3 Å². The van der Waals surface area contributed by atoms with Gasteiger partial charge in [0.25, 0.3) is 0 Å². The van der Waals surface area contributed by atoms with Crippen molar-refractivity contribution in [2.75, 3.05) is 20.1 Å². The Hall–Kier alpha value is -0.990. The van der Waals surface area contributed by atoms with E-state index in [4.69, 9.17) is 5.26 Å². The van der Waals surface area contributed by atoms with Crippen molar-refractivity contribution < 1.29 is 0 Å². The molecule has 0 aromatic rings. The lowest BCUT2D eigenvalue weighted by molar-refractivity contribution is 0.385. The van der Waals surface area contributed by atoms with Gasteiger partial charge >= 0.3 is 0 Å². The van der Waals surface area contributed by atoms with E-state index in [9.17, 15) is 0 Å². The molecule has 0 aromatic carbocycles. The molecule has 0 amide bonds. The molecule has 0 aliphatic heterocycles. The second-order valence-corrected chi connectivity index (χ2v) is 2.07. The highest BCUT2D eigenvalue weighted by Crippen LogP contribution is 1.83. The summed E-state index contributed by atoms with van der Waals surface area (Å²) in [6, 6.07) is 2.09. The van der Waals surface area contributed by atoms with Gasteiger partial charge in [-0.05, 0) is 14.0 Å². The summed E-state index contributed by atoms with van der Waals surface area (Å²) in [6.45, 7) is 3.39. The summed E-state index contributed by atoms with van der Waals surface area (Å²) in [7, 11) is 1.96. The molecule has 54 valence electrons. The summed E-state index contributed by atoms with van der Waals surface area (Å²) < 4.78 is 0. The standard InChI is InChI=1S/C8H12N2/c1-3-4-7-10(2)8-5-6-9/h5,7-8H2,1-2H3. The Morgan fingerprint density at radius 1 is 1.50 bits per heavy atom.